The monoisotopic (exact) mass is 444 g/mol. The fourth-order valence-electron chi connectivity index (χ4n) is 3.11. The third kappa shape index (κ3) is 5.46. The Morgan fingerprint density at radius 1 is 1.23 bits per heavy atom. The summed E-state index contributed by atoms with van der Waals surface area (Å²) in [5.74, 6) is -2.86. The number of rotatable bonds is 8. The molecule has 11 nitrogen and oxygen atoms in total. The van der Waals surface area contributed by atoms with E-state index in [4.69, 9.17) is 9.47 Å². The number of β-lactam (4-membered cyclic amide) rings is 1. The lowest BCUT2D eigenvalue weighted by Gasteiger charge is -2.47. The average Bonchev–Trinajstić information content (AvgIpc) is 2.63. The molecule has 1 saturated heterocycles. The number of hydrogen-bond acceptors (Lipinski definition) is 8. The number of hydrogen-bond donors (Lipinski definition) is 2. The Labute approximate surface area is 174 Å². The fraction of sp³-hybridized carbons (Fsp3) is 0.500. The predicted molar refractivity (Wildman–Crippen MR) is 102 cm³/mol. The molecule has 12 heteroatoms. The van der Waals surface area contributed by atoms with Crippen LogP contribution >= 0.6 is 0 Å². The van der Waals surface area contributed by atoms with E-state index < -0.39 is 59.0 Å². The number of ether oxygens (including phenoxy) is 2. The summed E-state index contributed by atoms with van der Waals surface area (Å²) in [5.41, 5.74) is 0.772. The maximum absolute atomic E-state index is 12.2. The van der Waals surface area contributed by atoms with Crippen molar-refractivity contribution in [3.05, 3.63) is 35.9 Å². The molecule has 0 aliphatic carbocycles. The zero-order valence-electron chi connectivity index (χ0n) is 16.7. The second-order valence-electron chi connectivity index (χ2n) is 6.96. The van der Waals surface area contributed by atoms with Crippen molar-refractivity contribution < 1.29 is 41.9 Å². The number of carbonyl (C=O) groups is 3. The van der Waals surface area contributed by atoms with Gasteiger partial charge in [0.1, 0.15) is 25.3 Å². The van der Waals surface area contributed by atoms with Crippen molar-refractivity contribution in [1.29, 1.82) is 0 Å². The predicted octanol–water partition coefficient (Wildman–Crippen LogP) is 0.197. The summed E-state index contributed by atoms with van der Waals surface area (Å²) in [5, 5.41) is 9.72. The van der Waals surface area contributed by atoms with Gasteiger partial charge < -0.3 is 19.5 Å². The minimum Gasteiger partial charge on any atom is -0.459 e. The van der Waals surface area contributed by atoms with Crippen LogP contribution < -0.4 is 0 Å². The molecule has 0 saturated carbocycles. The molecule has 1 aromatic rings. The first-order valence-corrected chi connectivity index (χ1v) is 10.4. The first kappa shape index (κ1) is 23.6. The lowest BCUT2D eigenvalue weighted by Crippen LogP contribution is -2.69. The lowest BCUT2D eigenvalue weighted by atomic mass is 9.83. The van der Waals surface area contributed by atoms with E-state index in [-0.39, 0.29) is 10.9 Å². The van der Waals surface area contributed by atoms with Gasteiger partial charge in [-0.05, 0) is 19.4 Å². The first-order chi connectivity index (χ1) is 13.9. The molecule has 0 unspecified atom stereocenters. The zero-order chi connectivity index (χ0) is 22.6. The fourth-order valence-corrected chi connectivity index (χ4v) is 4.07. The zero-order valence-corrected chi connectivity index (χ0v) is 17.5. The minimum atomic E-state index is -4.89. The van der Waals surface area contributed by atoms with Crippen molar-refractivity contribution in [2.75, 3.05) is 13.6 Å². The Kier molecular flexibility index (Phi) is 7.39. The highest BCUT2D eigenvalue weighted by Gasteiger charge is 2.58. The highest BCUT2D eigenvalue weighted by atomic mass is 32.2. The summed E-state index contributed by atoms with van der Waals surface area (Å²) in [6.07, 6.45) is -3.40. The van der Waals surface area contributed by atoms with Crippen LogP contribution in [0.4, 0.5) is 4.79 Å². The molecule has 4 atom stereocenters. The average molecular weight is 444 g/mol. The smallest absolute Gasteiger partial charge is 0.410 e. The maximum Gasteiger partial charge on any atom is 0.410 e. The van der Waals surface area contributed by atoms with Gasteiger partial charge in [0.25, 0.3) is 0 Å². The Balaban J connectivity index is 1.93. The standard InChI is InChI=1S/C18H24N2O9S/c1-11(21)15-16(20(17(15)23)30(25,26)27)12(2)29-18(24)19(3)9-14(22)28-10-13-7-5-4-6-8-13/h4-8,11-12,15-16,21H,9-10H2,1-3H3,(H,25,26,27)/t11-,12+,15-,16-/m1/s1. The molecule has 2 amide bonds. The second kappa shape index (κ2) is 9.41. The molecule has 1 heterocycles. The van der Waals surface area contributed by atoms with Crippen LogP contribution in [0.2, 0.25) is 0 Å². The molecule has 0 bridgehead atoms. The molecule has 2 rings (SSSR count). The summed E-state index contributed by atoms with van der Waals surface area (Å²) < 4.78 is 42.4. The molecule has 1 aromatic carbocycles. The van der Waals surface area contributed by atoms with E-state index in [2.05, 4.69) is 0 Å². The van der Waals surface area contributed by atoms with E-state index in [0.29, 0.717) is 0 Å². The molecule has 166 valence electrons. The van der Waals surface area contributed by atoms with Crippen molar-refractivity contribution in [2.45, 2.75) is 38.7 Å². The molecule has 1 aliphatic rings. The molecule has 2 N–H and O–H groups in total. The number of nitrogens with zero attached hydrogens (tertiary/aromatic N) is 2. The Hall–Kier alpha value is -2.70. The van der Waals surface area contributed by atoms with Crippen LogP contribution in [0.5, 0.6) is 0 Å². The van der Waals surface area contributed by atoms with Gasteiger partial charge in [0.05, 0.1) is 12.0 Å². The third-order valence-corrected chi connectivity index (χ3v) is 5.52. The minimum absolute atomic E-state index is 0.0303. The summed E-state index contributed by atoms with van der Waals surface area (Å²) in [6.45, 7) is 2.19. The van der Waals surface area contributed by atoms with Gasteiger partial charge in [0.2, 0.25) is 5.91 Å². The van der Waals surface area contributed by atoms with Crippen LogP contribution in [0.3, 0.4) is 0 Å². The first-order valence-electron chi connectivity index (χ1n) is 9.03. The highest BCUT2D eigenvalue weighted by Crippen LogP contribution is 2.35. The second-order valence-corrected chi connectivity index (χ2v) is 8.25. The van der Waals surface area contributed by atoms with E-state index in [9.17, 15) is 32.5 Å². The summed E-state index contributed by atoms with van der Waals surface area (Å²) in [6, 6.07) is 7.65. The van der Waals surface area contributed by atoms with Crippen molar-refractivity contribution in [2.24, 2.45) is 5.92 Å². The SMILES string of the molecule is C[C@H](OC(=O)N(C)CC(=O)OCc1ccccc1)[C@@H]1[C@@H]([C@@H](C)O)C(=O)N1S(=O)(=O)O. The van der Waals surface area contributed by atoms with E-state index >= 15 is 0 Å². The Morgan fingerprint density at radius 3 is 2.37 bits per heavy atom. The number of aliphatic hydroxyl groups excluding tert-OH is 1. The molecule has 0 spiro atoms. The number of carbonyl (C=O) groups excluding carboxylic acids is 3. The Bertz CT molecular complexity index is 888. The quantitative estimate of drug-likeness (QED) is 0.325. The molecular weight excluding hydrogens is 420 g/mol. The van der Waals surface area contributed by atoms with Crippen LogP contribution in [0.15, 0.2) is 30.3 Å². The topological polar surface area (TPSA) is 151 Å². The number of likely N-dealkylation sites (N-methyl/N-ethyl adjacent to an activating group) is 1. The number of amides is 2. The Morgan fingerprint density at radius 2 is 1.83 bits per heavy atom. The van der Waals surface area contributed by atoms with Gasteiger partial charge in [-0.2, -0.15) is 8.42 Å². The van der Waals surface area contributed by atoms with E-state index in [0.717, 1.165) is 10.5 Å². The van der Waals surface area contributed by atoms with E-state index in [1.54, 1.807) is 24.3 Å². The number of esters is 1. The van der Waals surface area contributed by atoms with Crippen molar-refractivity contribution in [3.8, 4) is 0 Å². The molecule has 1 aliphatic heterocycles. The lowest BCUT2D eigenvalue weighted by molar-refractivity contribution is -0.161. The van der Waals surface area contributed by atoms with Gasteiger partial charge in [-0.15, -0.1) is 0 Å². The van der Waals surface area contributed by atoms with Gasteiger partial charge in [0.15, 0.2) is 0 Å². The van der Waals surface area contributed by atoms with Crippen LogP contribution in [0.25, 0.3) is 0 Å². The molecule has 0 radical (unpaired) electrons. The molecular formula is C18H24N2O9S. The van der Waals surface area contributed by atoms with Gasteiger partial charge in [0, 0.05) is 7.05 Å². The van der Waals surface area contributed by atoms with Crippen molar-refractivity contribution in [3.63, 3.8) is 0 Å². The summed E-state index contributed by atoms with van der Waals surface area (Å²) >= 11 is 0. The molecule has 30 heavy (non-hydrogen) atoms. The van der Waals surface area contributed by atoms with Crippen LogP contribution in [-0.4, -0.2) is 77.1 Å². The van der Waals surface area contributed by atoms with Gasteiger partial charge in [-0.1, -0.05) is 30.3 Å². The van der Waals surface area contributed by atoms with Gasteiger partial charge >= 0.3 is 22.4 Å². The summed E-state index contributed by atoms with van der Waals surface area (Å²) in [7, 11) is -3.62. The van der Waals surface area contributed by atoms with Crippen molar-refractivity contribution >= 4 is 28.3 Å². The third-order valence-electron chi connectivity index (χ3n) is 4.60. The van der Waals surface area contributed by atoms with Crippen LogP contribution in [-0.2, 0) is 36.0 Å². The number of benzene rings is 1. The number of aliphatic hydroxyl groups is 1. The van der Waals surface area contributed by atoms with E-state index in [1.165, 1.54) is 20.9 Å². The molecule has 0 aromatic heterocycles. The largest absolute Gasteiger partial charge is 0.459 e. The van der Waals surface area contributed by atoms with Crippen LogP contribution in [0.1, 0.15) is 19.4 Å². The van der Waals surface area contributed by atoms with Gasteiger partial charge in [-0.3, -0.25) is 14.1 Å². The molecule has 1 fully saturated rings. The van der Waals surface area contributed by atoms with Crippen molar-refractivity contribution in [1.82, 2.24) is 9.21 Å². The maximum atomic E-state index is 12.2. The van der Waals surface area contributed by atoms with Gasteiger partial charge in [-0.25, -0.2) is 9.10 Å². The highest BCUT2D eigenvalue weighted by molar-refractivity contribution is 7.84. The van der Waals surface area contributed by atoms with E-state index in [1.807, 2.05) is 6.07 Å². The normalized spacial score (nSPS) is 20.7. The summed E-state index contributed by atoms with van der Waals surface area (Å²) in [4.78, 5) is 37.0. The van der Waals surface area contributed by atoms with Crippen LogP contribution in [0, 0.1) is 5.92 Å².